The van der Waals surface area contributed by atoms with Crippen LogP contribution in [0.1, 0.15) is 0 Å². The second kappa shape index (κ2) is 5.03. The molecule has 0 saturated carbocycles. The Morgan fingerprint density at radius 2 is 1.88 bits per heavy atom. The molecule has 0 aromatic rings. The van der Waals surface area contributed by atoms with E-state index in [1.54, 1.807) is 4.90 Å². The molecule has 0 saturated heterocycles. The Balaban J connectivity index is 3.20. The Hall–Kier alpha value is -0.780. The highest BCUT2D eigenvalue weighted by molar-refractivity contribution is 6.70. The van der Waals surface area contributed by atoms with Gasteiger partial charge in [0, 0.05) is 20.8 Å². The minimum atomic E-state index is -0.360. The van der Waals surface area contributed by atoms with Crippen molar-refractivity contribution in [3.05, 3.63) is 10.9 Å². The molecule has 1 rings (SSSR count). The third-order valence-corrected chi connectivity index (χ3v) is 2.73. The highest BCUT2D eigenvalue weighted by Crippen LogP contribution is 2.28. The molecule has 0 spiro atoms. The van der Waals surface area contributed by atoms with Gasteiger partial charge in [-0.1, -0.05) is 23.2 Å². The Morgan fingerprint density at radius 1 is 1.31 bits per heavy atom. The van der Waals surface area contributed by atoms with E-state index < -0.39 is 0 Å². The van der Waals surface area contributed by atoms with Crippen molar-refractivity contribution in [1.29, 1.82) is 0 Å². The molecule has 0 aromatic carbocycles. The molecule has 0 aliphatic carbocycles. The van der Waals surface area contributed by atoms with Crippen LogP contribution in [-0.2, 0) is 0 Å². The molecule has 1 atom stereocenters. The molecular weight excluding hydrogens is 249 g/mol. The van der Waals surface area contributed by atoms with Gasteiger partial charge in [0.15, 0.2) is 10.3 Å². The van der Waals surface area contributed by atoms with Gasteiger partial charge in [-0.25, -0.2) is 10.0 Å². The standard InChI is InChI=1S/C9H15Cl2N5/c1-12-16-8(11)6(14(2)3)7(10)13-9(16)15(4)5/h9H,1H2,2-5H3. The monoisotopic (exact) mass is 263 g/mol. The number of rotatable bonds is 3. The predicted molar refractivity (Wildman–Crippen MR) is 68.7 cm³/mol. The number of nitrogens with zero attached hydrogens (tertiary/aromatic N) is 5. The Morgan fingerprint density at radius 3 is 2.25 bits per heavy atom. The molecule has 0 aromatic heterocycles. The summed E-state index contributed by atoms with van der Waals surface area (Å²) in [4.78, 5) is 7.93. The first-order valence-electron chi connectivity index (χ1n) is 4.63. The quantitative estimate of drug-likeness (QED) is 0.570. The first-order chi connectivity index (χ1) is 7.40. The van der Waals surface area contributed by atoms with Gasteiger partial charge >= 0.3 is 0 Å². The van der Waals surface area contributed by atoms with E-state index in [9.17, 15) is 0 Å². The van der Waals surface area contributed by atoms with Crippen molar-refractivity contribution in [3.8, 4) is 0 Å². The summed E-state index contributed by atoms with van der Waals surface area (Å²) in [6.07, 6.45) is -0.360. The molecule has 5 nitrogen and oxygen atoms in total. The van der Waals surface area contributed by atoms with E-state index in [-0.39, 0.29) is 6.29 Å². The van der Waals surface area contributed by atoms with E-state index >= 15 is 0 Å². The van der Waals surface area contributed by atoms with Crippen LogP contribution in [-0.4, -0.2) is 61.2 Å². The van der Waals surface area contributed by atoms with Gasteiger partial charge in [-0.15, -0.1) is 0 Å². The van der Waals surface area contributed by atoms with Crippen molar-refractivity contribution in [2.45, 2.75) is 6.29 Å². The summed E-state index contributed by atoms with van der Waals surface area (Å²) in [5, 5.41) is 6.16. The molecular formula is C9H15Cl2N5. The maximum absolute atomic E-state index is 6.22. The van der Waals surface area contributed by atoms with Gasteiger partial charge in [0.25, 0.3) is 0 Å². The van der Waals surface area contributed by atoms with Gasteiger partial charge in [-0.05, 0) is 14.1 Å². The lowest BCUT2D eigenvalue weighted by molar-refractivity contribution is 0.126. The minimum absolute atomic E-state index is 0.360. The lowest BCUT2D eigenvalue weighted by Crippen LogP contribution is -2.44. The highest BCUT2D eigenvalue weighted by Gasteiger charge is 2.30. The average Bonchev–Trinajstić information content (AvgIpc) is 2.16. The smallest absolute Gasteiger partial charge is 0.201 e. The lowest BCUT2D eigenvalue weighted by Gasteiger charge is -2.35. The first kappa shape index (κ1) is 13.3. The summed E-state index contributed by atoms with van der Waals surface area (Å²) in [6.45, 7) is 3.49. The topological polar surface area (TPSA) is 34.4 Å². The normalized spacial score (nSPS) is 21.3. The molecule has 90 valence electrons. The Bertz CT molecular complexity index is 348. The van der Waals surface area contributed by atoms with E-state index in [4.69, 9.17) is 23.2 Å². The molecule has 0 fully saturated rings. The highest BCUT2D eigenvalue weighted by atomic mass is 35.5. The van der Waals surface area contributed by atoms with E-state index in [0.717, 1.165) is 0 Å². The van der Waals surface area contributed by atoms with Crippen LogP contribution in [0.25, 0.3) is 0 Å². The molecule has 16 heavy (non-hydrogen) atoms. The van der Waals surface area contributed by atoms with Crippen LogP contribution in [0.3, 0.4) is 0 Å². The van der Waals surface area contributed by atoms with E-state index in [2.05, 4.69) is 16.8 Å². The van der Waals surface area contributed by atoms with Gasteiger partial charge in [0.1, 0.15) is 5.70 Å². The average molecular weight is 264 g/mol. The molecule has 1 aliphatic rings. The number of hydrogen-bond donors (Lipinski definition) is 0. The van der Waals surface area contributed by atoms with Crippen molar-refractivity contribution < 1.29 is 0 Å². The number of hydrogen-bond acceptors (Lipinski definition) is 5. The van der Waals surface area contributed by atoms with Crippen LogP contribution in [0.2, 0.25) is 0 Å². The maximum atomic E-state index is 6.22. The van der Waals surface area contributed by atoms with Crippen molar-refractivity contribution >= 4 is 35.1 Å². The summed E-state index contributed by atoms with van der Waals surface area (Å²) in [6, 6.07) is 0. The van der Waals surface area contributed by atoms with E-state index in [1.807, 2.05) is 33.1 Å². The second-order valence-electron chi connectivity index (χ2n) is 3.75. The predicted octanol–water partition coefficient (Wildman–Crippen LogP) is 1.37. The Labute approximate surface area is 106 Å². The molecule has 1 heterocycles. The molecule has 0 amide bonds. The zero-order valence-electron chi connectivity index (χ0n) is 9.78. The van der Waals surface area contributed by atoms with Crippen LogP contribution in [0.5, 0.6) is 0 Å². The molecule has 1 aliphatic heterocycles. The molecule has 0 radical (unpaired) electrons. The van der Waals surface area contributed by atoms with Gasteiger partial charge in [-0.2, -0.15) is 5.10 Å². The lowest BCUT2D eigenvalue weighted by atomic mass is 10.4. The fourth-order valence-corrected chi connectivity index (χ4v) is 2.14. The van der Waals surface area contributed by atoms with Gasteiger partial charge in [0.2, 0.25) is 6.29 Å². The fourth-order valence-electron chi connectivity index (χ4n) is 1.35. The number of aliphatic imine (C=N–C) groups is 1. The summed E-state index contributed by atoms with van der Waals surface area (Å²) in [5.41, 5.74) is 0.633. The molecule has 7 heteroatoms. The van der Waals surface area contributed by atoms with Crippen molar-refractivity contribution in [2.75, 3.05) is 28.2 Å². The summed E-state index contributed by atoms with van der Waals surface area (Å²) < 4.78 is 0. The third kappa shape index (κ3) is 2.31. The third-order valence-electron chi connectivity index (χ3n) is 2.10. The van der Waals surface area contributed by atoms with E-state index in [0.29, 0.717) is 16.0 Å². The van der Waals surface area contributed by atoms with Crippen molar-refractivity contribution in [1.82, 2.24) is 14.8 Å². The first-order valence-corrected chi connectivity index (χ1v) is 5.38. The summed E-state index contributed by atoms with van der Waals surface area (Å²) in [7, 11) is 7.41. The molecule has 0 N–H and O–H groups in total. The number of allylic oxidation sites excluding steroid dienone is 1. The van der Waals surface area contributed by atoms with Gasteiger partial charge in [0.05, 0.1) is 0 Å². The van der Waals surface area contributed by atoms with Gasteiger partial charge in [-0.3, -0.25) is 4.90 Å². The van der Waals surface area contributed by atoms with Crippen LogP contribution in [0.4, 0.5) is 0 Å². The molecule has 1 unspecified atom stereocenters. The minimum Gasteiger partial charge on any atom is -0.373 e. The number of halogens is 2. The largest absolute Gasteiger partial charge is 0.373 e. The van der Waals surface area contributed by atoms with Crippen LogP contribution < -0.4 is 0 Å². The summed E-state index contributed by atoms with van der Waals surface area (Å²) >= 11 is 12.3. The van der Waals surface area contributed by atoms with Crippen LogP contribution in [0.15, 0.2) is 20.9 Å². The van der Waals surface area contributed by atoms with Crippen LogP contribution in [0, 0.1) is 0 Å². The Kier molecular flexibility index (Phi) is 4.18. The van der Waals surface area contributed by atoms with Gasteiger partial charge < -0.3 is 4.90 Å². The van der Waals surface area contributed by atoms with Crippen molar-refractivity contribution in [2.24, 2.45) is 10.1 Å². The van der Waals surface area contributed by atoms with Crippen LogP contribution >= 0.6 is 23.2 Å². The summed E-state index contributed by atoms with van der Waals surface area (Å²) in [5.74, 6) is 0. The zero-order valence-corrected chi connectivity index (χ0v) is 11.3. The molecule has 0 bridgehead atoms. The zero-order chi connectivity index (χ0) is 12.5. The second-order valence-corrected chi connectivity index (χ2v) is 4.47. The number of hydrazone groups is 1. The van der Waals surface area contributed by atoms with Crippen molar-refractivity contribution in [3.63, 3.8) is 0 Å². The van der Waals surface area contributed by atoms with E-state index in [1.165, 1.54) is 5.01 Å². The fraction of sp³-hybridized carbons (Fsp3) is 0.556. The maximum Gasteiger partial charge on any atom is 0.201 e. The SMILES string of the molecule is C=NN1C(Cl)=C(N(C)C)C(Cl)=NC1N(C)C.